The van der Waals surface area contributed by atoms with Crippen LogP contribution in [0.1, 0.15) is 18.9 Å². The van der Waals surface area contributed by atoms with Crippen LogP contribution in [-0.2, 0) is 0 Å². The number of nitrogens with zero attached hydrogens (tertiary/aromatic N) is 2. The molecule has 0 radical (unpaired) electrons. The lowest BCUT2D eigenvalue weighted by Crippen LogP contribution is -1.93. The third kappa shape index (κ3) is 1.50. The number of aromatic hydroxyl groups is 1. The molecule has 15 heavy (non-hydrogen) atoms. The van der Waals surface area contributed by atoms with Gasteiger partial charge in [-0.2, -0.15) is 0 Å². The largest absolute Gasteiger partial charge is 0.508 e. The molecule has 0 unspecified atom stereocenters. The van der Waals surface area contributed by atoms with Crippen LogP contribution in [0.25, 0.3) is 11.3 Å². The molecule has 0 spiro atoms. The minimum atomic E-state index is 0.302. The van der Waals surface area contributed by atoms with Gasteiger partial charge >= 0.3 is 0 Å². The first-order chi connectivity index (χ1) is 7.34. The molecule has 1 aromatic heterocycles. The summed E-state index contributed by atoms with van der Waals surface area (Å²) in [6.45, 7) is 0. The molecule has 1 heterocycles. The summed E-state index contributed by atoms with van der Waals surface area (Å²) in [5.41, 5.74) is 2.25. The van der Waals surface area contributed by atoms with Gasteiger partial charge in [0.2, 0.25) is 0 Å². The molecule has 1 aliphatic rings. The molecule has 1 aliphatic carbocycles. The van der Waals surface area contributed by atoms with Crippen LogP contribution in [-0.4, -0.2) is 14.7 Å². The zero-order chi connectivity index (χ0) is 10.3. The van der Waals surface area contributed by atoms with E-state index in [1.54, 1.807) is 12.1 Å². The van der Waals surface area contributed by atoms with Gasteiger partial charge in [-0.25, -0.2) is 4.98 Å². The van der Waals surface area contributed by atoms with Crippen molar-refractivity contribution in [1.29, 1.82) is 0 Å². The third-order valence-corrected chi connectivity index (χ3v) is 2.77. The van der Waals surface area contributed by atoms with E-state index in [9.17, 15) is 5.11 Å². The van der Waals surface area contributed by atoms with E-state index >= 15 is 0 Å². The van der Waals surface area contributed by atoms with Crippen molar-refractivity contribution < 1.29 is 5.11 Å². The quantitative estimate of drug-likeness (QED) is 0.809. The fraction of sp³-hybridized carbons (Fsp3) is 0.250. The lowest BCUT2D eigenvalue weighted by molar-refractivity contribution is 0.475. The van der Waals surface area contributed by atoms with Crippen molar-refractivity contribution in [2.75, 3.05) is 0 Å². The van der Waals surface area contributed by atoms with E-state index in [-0.39, 0.29) is 0 Å². The van der Waals surface area contributed by atoms with Gasteiger partial charge in [0.1, 0.15) is 5.75 Å². The molecule has 0 aliphatic heterocycles. The summed E-state index contributed by atoms with van der Waals surface area (Å²) >= 11 is 0. The fourth-order valence-corrected chi connectivity index (χ4v) is 1.80. The van der Waals surface area contributed by atoms with Crippen molar-refractivity contribution in [2.24, 2.45) is 0 Å². The smallest absolute Gasteiger partial charge is 0.115 e. The van der Waals surface area contributed by atoms with Gasteiger partial charge in [0, 0.05) is 11.6 Å². The Balaban J connectivity index is 2.04. The molecular weight excluding hydrogens is 188 g/mol. The van der Waals surface area contributed by atoms with E-state index < -0.39 is 0 Å². The van der Waals surface area contributed by atoms with Gasteiger partial charge < -0.3 is 9.67 Å². The molecule has 1 N–H and O–H groups in total. The van der Waals surface area contributed by atoms with Crippen LogP contribution >= 0.6 is 0 Å². The molecule has 0 atom stereocenters. The minimum Gasteiger partial charge on any atom is -0.508 e. The number of hydrogen-bond donors (Lipinski definition) is 1. The van der Waals surface area contributed by atoms with Gasteiger partial charge in [-0.1, -0.05) is 0 Å². The van der Waals surface area contributed by atoms with E-state index in [1.807, 2.05) is 24.7 Å². The van der Waals surface area contributed by atoms with Crippen molar-refractivity contribution in [1.82, 2.24) is 9.55 Å². The fourth-order valence-electron chi connectivity index (χ4n) is 1.80. The van der Waals surface area contributed by atoms with Crippen molar-refractivity contribution in [2.45, 2.75) is 18.9 Å². The average Bonchev–Trinajstić information content (AvgIpc) is 2.98. The van der Waals surface area contributed by atoms with Crippen LogP contribution in [0.3, 0.4) is 0 Å². The normalized spacial score (nSPS) is 15.5. The average molecular weight is 200 g/mol. The van der Waals surface area contributed by atoms with E-state index in [4.69, 9.17) is 0 Å². The maximum absolute atomic E-state index is 9.22. The second kappa shape index (κ2) is 3.12. The SMILES string of the molecule is Oc1ccc(-c2cncn2C2CC2)cc1. The standard InChI is InChI=1S/C12H12N2O/c15-11-5-1-9(2-6-11)12-7-13-8-14(12)10-3-4-10/h1-2,5-8,10,15H,3-4H2. The Kier molecular flexibility index (Phi) is 1.78. The Morgan fingerprint density at radius 2 is 1.93 bits per heavy atom. The third-order valence-electron chi connectivity index (χ3n) is 2.77. The Morgan fingerprint density at radius 3 is 2.60 bits per heavy atom. The maximum Gasteiger partial charge on any atom is 0.115 e. The molecule has 0 amide bonds. The first kappa shape index (κ1) is 8.53. The van der Waals surface area contributed by atoms with Crippen LogP contribution in [0.5, 0.6) is 5.75 Å². The van der Waals surface area contributed by atoms with Gasteiger partial charge in [0.25, 0.3) is 0 Å². The zero-order valence-corrected chi connectivity index (χ0v) is 8.30. The number of rotatable bonds is 2. The summed E-state index contributed by atoms with van der Waals surface area (Å²) in [5, 5.41) is 9.22. The molecule has 3 nitrogen and oxygen atoms in total. The Morgan fingerprint density at radius 1 is 1.20 bits per heavy atom. The van der Waals surface area contributed by atoms with E-state index in [1.165, 1.54) is 12.8 Å². The Hall–Kier alpha value is -1.77. The maximum atomic E-state index is 9.22. The monoisotopic (exact) mass is 200 g/mol. The van der Waals surface area contributed by atoms with E-state index in [0.29, 0.717) is 11.8 Å². The zero-order valence-electron chi connectivity index (χ0n) is 8.30. The van der Waals surface area contributed by atoms with Crippen LogP contribution < -0.4 is 0 Å². The predicted octanol–water partition coefficient (Wildman–Crippen LogP) is 2.59. The second-order valence-corrected chi connectivity index (χ2v) is 3.96. The first-order valence-corrected chi connectivity index (χ1v) is 5.16. The van der Waals surface area contributed by atoms with Gasteiger partial charge in [-0.15, -0.1) is 0 Å². The lowest BCUT2D eigenvalue weighted by Gasteiger charge is -2.06. The minimum absolute atomic E-state index is 0.302. The Bertz CT molecular complexity index is 469. The van der Waals surface area contributed by atoms with Crippen LogP contribution in [0.4, 0.5) is 0 Å². The number of aromatic nitrogens is 2. The molecule has 3 heteroatoms. The number of benzene rings is 1. The van der Waals surface area contributed by atoms with Crippen molar-refractivity contribution in [3.05, 3.63) is 36.8 Å². The van der Waals surface area contributed by atoms with Crippen LogP contribution in [0.15, 0.2) is 36.8 Å². The van der Waals surface area contributed by atoms with Gasteiger partial charge in [-0.05, 0) is 37.1 Å². The molecule has 76 valence electrons. The predicted molar refractivity (Wildman–Crippen MR) is 57.6 cm³/mol. The molecule has 0 saturated heterocycles. The highest BCUT2D eigenvalue weighted by Gasteiger charge is 2.25. The van der Waals surface area contributed by atoms with Crippen molar-refractivity contribution >= 4 is 0 Å². The van der Waals surface area contributed by atoms with Crippen molar-refractivity contribution in [3.8, 4) is 17.0 Å². The Labute approximate surface area is 88.0 Å². The molecule has 1 saturated carbocycles. The summed E-state index contributed by atoms with van der Waals surface area (Å²) in [6, 6.07) is 7.89. The second-order valence-electron chi connectivity index (χ2n) is 3.96. The van der Waals surface area contributed by atoms with Crippen LogP contribution in [0, 0.1) is 0 Å². The molecule has 2 aromatic rings. The summed E-state index contributed by atoms with van der Waals surface area (Å²) < 4.78 is 2.21. The molecular formula is C12H12N2O. The van der Waals surface area contributed by atoms with Crippen LogP contribution in [0.2, 0.25) is 0 Å². The van der Waals surface area contributed by atoms with E-state index in [2.05, 4.69) is 9.55 Å². The highest BCUT2D eigenvalue weighted by Crippen LogP contribution is 2.38. The summed E-state index contributed by atoms with van der Waals surface area (Å²) in [5.74, 6) is 0.302. The molecule has 1 fully saturated rings. The topological polar surface area (TPSA) is 38.1 Å². The number of phenols is 1. The van der Waals surface area contributed by atoms with Gasteiger partial charge in [-0.3, -0.25) is 0 Å². The summed E-state index contributed by atoms with van der Waals surface area (Å²) in [6.07, 6.45) is 6.27. The van der Waals surface area contributed by atoms with Crippen molar-refractivity contribution in [3.63, 3.8) is 0 Å². The number of phenolic OH excluding ortho intramolecular Hbond substituents is 1. The number of imidazole rings is 1. The lowest BCUT2D eigenvalue weighted by atomic mass is 10.1. The molecule has 0 bridgehead atoms. The highest BCUT2D eigenvalue weighted by atomic mass is 16.3. The first-order valence-electron chi connectivity index (χ1n) is 5.16. The summed E-state index contributed by atoms with van der Waals surface area (Å²) in [4.78, 5) is 4.18. The molecule has 3 rings (SSSR count). The highest BCUT2D eigenvalue weighted by molar-refractivity contribution is 5.60. The molecule has 1 aromatic carbocycles. The van der Waals surface area contributed by atoms with Gasteiger partial charge in [0.05, 0.1) is 18.2 Å². The van der Waals surface area contributed by atoms with E-state index in [0.717, 1.165) is 11.3 Å². The number of hydrogen-bond acceptors (Lipinski definition) is 2. The van der Waals surface area contributed by atoms with Gasteiger partial charge in [0.15, 0.2) is 0 Å². The summed E-state index contributed by atoms with van der Waals surface area (Å²) in [7, 11) is 0.